The van der Waals surface area contributed by atoms with Crippen molar-refractivity contribution in [1.29, 1.82) is 0 Å². The van der Waals surface area contributed by atoms with E-state index < -0.39 is 5.97 Å². The molecule has 0 aliphatic rings. The minimum Gasteiger partial charge on any atom is -0.465 e. The number of ether oxygens (including phenoxy) is 1. The lowest BCUT2D eigenvalue weighted by Gasteiger charge is -2.13. The smallest absolute Gasteiger partial charge is 0.340 e. The summed E-state index contributed by atoms with van der Waals surface area (Å²) >= 11 is 6.62. The first kappa shape index (κ1) is 17.1. The van der Waals surface area contributed by atoms with Crippen molar-refractivity contribution in [2.45, 2.75) is 25.8 Å². The summed E-state index contributed by atoms with van der Waals surface area (Å²) in [6, 6.07) is 3.29. The molecule has 0 spiro atoms. The minimum absolute atomic E-state index is 0.0471. The Hall–Kier alpha value is -0.920. The Balaban J connectivity index is 2.98. The maximum atomic E-state index is 11.9. The Morgan fingerprint density at radius 3 is 2.60 bits per heavy atom. The van der Waals surface area contributed by atoms with Crippen LogP contribution in [0.5, 0.6) is 0 Å². The molecule has 0 aliphatic carbocycles. The summed E-state index contributed by atoms with van der Waals surface area (Å²) in [6.07, 6.45) is 0.869. The third-order valence-corrected chi connectivity index (χ3v) is 3.63. The van der Waals surface area contributed by atoms with Crippen molar-refractivity contribution in [3.63, 3.8) is 0 Å². The van der Waals surface area contributed by atoms with Crippen LogP contribution in [0, 0.1) is 0 Å². The van der Waals surface area contributed by atoms with Crippen LogP contribution in [0.2, 0.25) is 0 Å². The fourth-order valence-electron chi connectivity index (χ4n) is 1.53. The average molecular weight is 408 g/mol. The first-order chi connectivity index (χ1) is 9.35. The van der Waals surface area contributed by atoms with E-state index in [2.05, 4.69) is 37.2 Å². The van der Waals surface area contributed by atoms with E-state index in [0.29, 0.717) is 27.5 Å². The number of hydrogen-bond donors (Lipinski definition) is 2. The van der Waals surface area contributed by atoms with Crippen molar-refractivity contribution in [2.75, 3.05) is 12.4 Å². The zero-order valence-electron chi connectivity index (χ0n) is 11.2. The molecule has 1 unspecified atom stereocenters. The molecule has 1 aromatic carbocycles. The van der Waals surface area contributed by atoms with Gasteiger partial charge in [-0.15, -0.1) is 0 Å². The first-order valence-electron chi connectivity index (χ1n) is 5.98. The Kier molecular flexibility index (Phi) is 6.64. The van der Waals surface area contributed by atoms with Gasteiger partial charge in [-0.2, -0.15) is 0 Å². The molecular weight excluding hydrogens is 392 g/mol. The van der Waals surface area contributed by atoms with E-state index in [4.69, 9.17) is 10.5 Å². The molecule has 0 fully saturated rings. The summed E-state index contributed by atoms with van der Waals surface area (Å²) < 4.78 is 6.02. The molecule has 110 valence electrons. The van der Waals surface area contributed by atoms with Crippen LogP contribution in [0.15, 0.2) is 21.1 Å². The highest BCUT2D eigenvalue weighted by Crippen LogP contribution is 2.31. The monoisotopic (exact) mass is 406 g/mol. The number of carbonyl (C=O) groups excluding carboxylic acids is 2. The number of hydrogen-bond acceptors (Lipinski definition) is 4. The third kappa shape index (κ3) is 4.88. The normalized spacial score (nSPS) is 11.8. The number of carbonyl (C=O) groups is 2. The molecular formula is C13H16Br2N2O3. The predicted molar refractivity (Wildman–Crippen MR) is 84.7 cm³/mol. The van der Waals surface area contributed by atoms with Gasteiger partial charge in [-0.05, 0) is 41.4 Å². The van der Waals surface area contributed by atoms with Crippen LogP contribution in [-0.4, -0.2) is 25.0 Å². The van der Waals surface area contributed by atoms with Gasteiger partial charge in [0, 0.05) is 21.4 Å². The van der Waals surface area contributed by atoms with Crippen molar-refractivity contribution in [1.82, 2.24) is 0 Å². The quantitative estimate of drug-likeness (QED) is 0.735. The van der Waals surface area contributed by atoms with E-state index in [1.54, 1.807) is 12.1 Å². The summed E-state index contributed by atoms with van der Waals surface area (Å²) in [5.74, 6) is -0.718. The predicted octanol–water partition coefficient (Wildman–Crippen LogP) is 3.06. The van der Waals surface area contributed by atoms with Crippen LogP contribution in [-0.2, 0) is 9.53 Å². The molecule has 5 nitrogen and oxygen atoms in total. The van der Waals surface area contributed by atoms with Gasteiger partial charge in [-0.1, -0.05) is 15.9 Å². The Labute approximate surface area is 134 Å². The highest BCUT2D eigenvalue weighted by atomic mass is 79.9. The molecule has 1 amide bonds. The van der Waals surface area contributed by atoms with E-state index in [1.807, 2.05) is 6.92 Å². The zero-order chi connectivity index (χ0) is 15.3. The Bertz CT molecular complexity index is 519. The van der Waals surface area contributed by atoms with Gasteiger partial charge in [0.2, 0.25) is 5.91 Å². The highest BCUT2D eigenvalue weighted by Gasteiger charge is 2.18. The van der Waals surface area contributed by atoms with Crippen molar-refractivity contribution in [3.8, 4) is 0 Å². The van der Waals surface area contributed by atoms with Gasteiger partial charge in [-0.25, -0.2) is 4.79 Å². The Morgan fingerprint density at radius 1 is 1.40 bits per heavy atom. The number of methoxy groups -OCH3 is 1. The van der Waals surface area contributed by atoms with Crippen molar-refractivity contribution in [3.05, 3.63) is 26.6 Å². The number of nitrogens with two attached hydrogens (primary N) is 1. The Morgan fingerprint density at radius 2 is 2.05 bits per heavy atom. The first-order valence-corrected chi connectivity index (χ1v) is 7.56. The number of benzene rings is 1. The molecule has 0 radical (unpaired) electrons. The van der Waals surface area contributed by atoms with Crippen LogP contribution in [0.25, 0.3) is 0 Å². The van der Waals surface area contributed by atoms with E-state index in [9.17, 15) is 9.59 Å². The average Bonchev–Trinajstić information content (AvgIpc) is 2.38. The third-order valence-electron chi connectivity index (χ3n) is 2.55. The maximum absolute atomic E-state index is 11.9. The molecule has 0 bridgehead atoms. The molecule has 0 heterocycles. The topological polar surface area (TPSA) is 81.4 Å². The molecule has 1 atom stereocenters. The van der Waals surface area contributed by atoms with Crippen molar-refractivity contribution >= 4 is 49.4 Å². The largest absolute Gasteiger partial charge is 0.465 e. The van der Waals surface area contributed by atoms with Crippen LogP contribution in [0.3, 0.4) is 0 Å². The highest BCUT2D eigenvalue weighted by molar-refractivity contribution is 9.11. The SMILES string of the molecule is COC(=O)c1cc(Br)cc(Br)c1NC(=O)CCC(C)N. The lowest BCUT2D eigenvalue weighted by molar-refractivity contribution is -0.116. The molecule has 1 aromatic rings. The van der Waals surface area contributed by atoms with E-state index in [0.717, 1.165) is 0 Å². The van der Waals surface area contributed by atoms with Crippen LogP contribution in [0.4, 0.5) is 5.69 Å². The van der Waals surface area contributed by atoms with Crippen LogP contribution in [0.1, 0.15) is 30.1 Å². The summed E-state index contributed by atoms with van der Waals surface area (Å²) in [4.78, 5) is 23.6. The second-order valence-corrected chi connectivity index (χ2v) is 6.14. The number of amides is 1. The number of anilines is 1. The number of rotatable bonds is 5. The van der Waals surface area contributed by atoms with Gasteiger partial charge in [-0.3, -0.25) is 4.79 Å². The summed E-state index contributed by atoms with van der Waals surface area (Å²) in [5, 5.41) is 2.71. The van der Waals surface area contributed by atoms with Crippen molar-refractivity contribution < 1.29 is 14.3 Å². The molecule has 7 heteroatoms. The van der Waals surface area contributed by atoms with Crippen molar-refractivity contribution in [2.24, 2.45) is 5.73 Å². The molecule has 0 aliphatic heterocycles. The van der Waals surface area contributed by atoms with Gasteiger partial charge in [0.1, 0.15) is 0 Å². The number of esters is 1. The van der Waals surface area contributed by atoms with E-state index in [-0.39, 0.29) is 17.5 Å². The molecule has 0 saturated heterocycles. The lowest BCUT2D eigenvalue weighted by Crippen LogP contribution is -2.20. The van der Waals surface area contributed by atoms with Gasteiger partial charge >= 0.3 is 5.97 Å². The number of nitrogens with one attached hydrogen (secondary N) is 1. The molecule has 0 saturated carbocycles. The maximum Gasteiger partial charge on any atom is 0.340 e. The van der Waals surface area contributed by atoms with E-state index in [1.165, 1.54) is 7.11 Å². The van der Waals surface area contributed by atoms with Gasteiger partial charge in [0.25, 0.3) is 0 Å². The van der Waals surface area contributed by atoms with E-state index >= 15 is 0 Å². The van der Waals surface area contributed by atoms with Crippen LogP contribution < -0.4 is 11.1 Å². The number of halogens is 2. The second kappa shape index (κ2) is 7.75. The fourth-order valence-corrected chi connectivity index (χ4v) is 2.86. The molecule has 1 rings (SSSR count). The molecule has 0 aromatic heterocycles. The standard InChI is InChI=1S/C13H16Br2N2O3/c1-7(16)3-4-11(18)17-12-9(13(19)20-2)5-8(14)6-10(12)15/h5-7H,3-4,16H2,1-2H3,(H,17,18). The van der Waals surface area contributed by atoms with Gasteiger partial charge in [0.05, 0.1) is 18.4 Å². The van der Waals surface area contributed by atoms with Gasteiger partial charge < -0.3 is 15.8 Å². The minimum atomic E-state index is -0.519. The molecule has 3 N–H and O–H groups in total. The van der Waals surface area contributed by atoms with Gasteiger partial charge in [0.15, 0.2) is 0 Å². The molecule has 20 heavy (non-hydrogen) atoms. The van der Waals surface area contributed by atoms with Crippen LogP contribution >= 0.6 is 31.9 Å². The summed E-state index contributed by atoms with van der Waals surface area (Å²) in [7, 11) is 1.29. The second-order valence-electron chi connectivity index (χ2n) is 4.37. The lowest BCUT2D eigenvalue weighted by atomic mass is 10.1. The fraction of sp³-hybridized carbons (Fsp3) is 0.385. The zero-order valence-corrected chi connectivity index (χ0v) is 14.4. The summed E-state index contributed by atoms with van der Waals surface area (Å²) in [6.45, 7) is 1.84. The summed E-state index contributed by atoms with van der Waals surface area (Å²) in [5.41, 5.74) is 6.29.